The molecule has 0 aliphatic rings. The van der Waals surface area contributed by atoms with Gasteiger partial charge in [0.15, 0.2) is 0 Å². The van der Waals surface area contributed by atoms with Crippen LogP contribution in [0, 0.1) is 5.41 Å². The Morgan fingerprint density at radius 2 is 1.71 bits per heavy atom. The Labute approximate surface area is 137 Å². The molecule has 1 aromatic rings. The van der Waals surface area contributed by atoms with E-state index in [4.69, 9.17) is 5.11 Å². The van der Waals surface area contributed by atoms with Gasteiger partial charge in [-0.15, -0.1) is 13.2 Å². The van der Waals surface area contributed by atoms with Crippen LogP contribution >= 0.6 is 0 Å². The lowest BCUT2D eigenvalue weighted by Gasteiger charge is -2.22. The van der Waals surface area contributed by atoms with E-state index >= 15 is 0 Å². The molecule has 1 atom stereocenters. The van der Waals surface area contributed by atoms with Crippen LogP contribution in [-0.2, 0) is 9.59 Å². The van der Waals surface area contributed by atoms with E-state index in [2.05, 4.69) is 10.1 Å². The third-order valence-corrected chi connectivity index (χ3v) is 2.92. The SMILES string of the molecule is CC(C)(C)CC(=O)NC(CC(=O)O)c1ccc(OC(F)(F)F)cc1. The number of carboxylic acids is 1. The number of hydrogen-bond donors (Lipinski definition) is 2. The van der Waals surface area contributed by atoms with E-state index in [1.165, 1.54) is 12.1 Å². The number of carbonyl (C=O) groups excluding carboxylic acids is 1. The molecule has 1 unspecified atom stereocenters. The first-order chi connectivity index (χ1) is 10.9. The van der Waals surface area contributed by atoms with E-state index in [-0.39, 0.29) is 24.2 Å². The molecule has 134 valence electrons. The molecule has 0 aliphatic heterocycles. The number of alkyl halides is 3. The van der Waals surface area contributed by atoms with Gasteiger partial charge in [0.1, 0.15) is 5.75 Å². The topological polar surface area (TPSA) is 75.6 Å². The zero-order valence-electron chi connectivity index (χ0n) is 13.6. The van der Waals surface area contributed by atoms with Crippen molar-refractivity contribution < 1.29 is 32.6 Å². The van der Waals surface area contributed by atoms with Crippen molar-refractivity contribution in [1.29, 1.82) is 0 Å². The number of aliphatic carboxylic acids is 1. The van der Waals surface area contributed by atoms with Gasteiger partial charge in [-0.2, -0.15) is 0 Å². The lowest BCUT2D eigenvalue weighted by molar-refractivity contribution is -0.274. The summed E-state index contributed by atoms with van der Waals surface area (Å²) in [5.74, 6) is -1.88. The summed E-state index contributed by atoms with van der Waals surface area (Å²) in [6.07, 6.45) is -4.99. The van der Waals surface area contributed by atoms with Crippen molar-refractivity contribution >= 4 is 11.9 Å². The molecule has 2 N–H and O–H groups in total. The van der Waals surface area contributed by atoms with E-state index in [9.17, 15) is 22.8 Å². The van der Waals surface area contributed by atoms with Crippen molar-refractivity contribution in [3.8, 4) is 5.75 Å². The standard InChI is InChI=1S/C16H20F3NO4/c1-15(2,3)9-13(21)20-12(8-14(22)23)10-4-6-11(7-5-10)24-16(17,18)19/h4-7,12H,8-9H2,1-3H3,(H,20,21)(H,22,23). The minimum atomic E-state index is -4.80. The lowest BCUT2D eigenvalue weighted by atomic mass is 9.91. The fourth-order valence-electron chi connectivity index (χ4n) is 2.06. The number of halogens is 3. The van der Waals surface area contributed by atoms with E-state index in [1.54, 1.807) is 0 Å². The van der Waals surface area contributed by atoms with Gasteiger partial charge in [-0.3, -0.25) is 9.59 Å². The molecular formula is C16H20F3NO4. The minimum Gasteiger partial charge on any atom is -0.481 e. The number of benzene rings is 1. The van der Waals surface area contributed by atoms with E-state index in [0.717, 1.165) is 12.1 Å². The molecule has 0 heterocycles. The molecule has 0 bridgehead atoms. The summed E-state index contributed by atoms with van der Waals surface area (Å²) in [7, 11) is 0. The van der Waals surface area contributed by atoms with Crippen molar-refractivity contribution in [2.45, 2.75) is 46.0 Å². The zero-order valence-corrected chi connectivity index (χ0v) is 13.6. The Balaban J connectivity index is 2.88. The molecule has 0 aromatic heterocycles. The molecule has 5 nitrogen and oxygen atoms in total. The molecule has 0 saturated heterocycles. The molecule has 8 heteroatoms. The molecule has 0 spiro atoms. The number of hydrogen-bond acceptors (Lipinski definition) is 3. The summed E-state index contributed by atoms with van der Waals surface area (Å²) in [6, 6.07) is 3.91. The maximum Gasteiger partial charge on any atom is 0.573 e. The molecule has 24 heavy (non-hydrogen) atoms. The highest BCUT2D eigenvalue weighted by Crippen LogP contribution is 2.26. The fourth-order valence-corrected chi connectivity index (χ4v) is 2.06. The van der Waals surface area contributed by atoms with Crippen LogP contribution in [0.5, 0.6) is 5.75 Å². The van der Waals surface area contributed by atoms with Crippen LogP contribution in [0.1, 0.15) is 45.2 Å². The molecule has 1 rings (SSSR count). The van der Waals surface area contributed by atoms with Crippen molar-refractivity contribution in [2.24, 2.45) is 5.41 Å². The Hall–Kier alpha value is -2.25. The van der Waals surface area contributed by atoms with Crippen molar-refractivity contribution in [3.63, 3.8) is 0 Å². The van der Waals surface area contributed by atoms with Crippen LogP contribution in [0.25, 0.3) is 0 Å². The Kier molecular flexibility index (Phi) is 6.22. The third kappa shape index (κ3) is 7.85. The first-order valence-electron chi connectivity index (χ1n) is 7.22. The number of nitrogens with one attached hydrogen (secondary N) is 1. The normalized spacial score (nSPS) is 13.2. The number of carboxylic acid groups (broad SMARTS) is 1. The second-order valence-electron chi connectivity index (χ2n) is 6.57. The second kappa shape index (κ2) is 7.55. The van der Waals surface area contributed by atoms with Crippen LogP contribution in [0.4, 0.5) is 13.2 Å². The highest BCUT2D eigenvalue weighted by Gasteiger charge is 2.31. The molecule has 1 amide bonds. The maximum absolute atomic E-state index is 12.1. The van der Waals surface area contributed by atoms with Gasteiger partial charge >= 0.3 is 12.3 Å². The highest BCUT2D eigenvalue weighted by atomic mass is 19.4. The van der Waals surface area contributed by atoms with Gasteiger partial charge in [-0.25, -0.2) is 0 Å². The summed E-state index contributed by atoms with van der Waals surface area (Å²) in [4.78, 5) is 23.0. The summed E-state index contributed by atoms with van der Waals surface area (Å²) in [6.45, 7) is 5.59. The number of rotatable bonds is 6. The Morgan fingerprint density at radius 3 is 2.12 bits per heavy atom. The van der Waals surface area contributed by atoms with E-state index < -0.39 is 24.1 Å². The van der Waals surface area contributed by atoms with Crippen molar-refractivity contribution in [2.75, 3.05) is 0 Å². The van der Waals surface area contributed by atoms with E-state index in [1.807, 2.05) is 20.8 Å². The summed E-state index contributed by atoms with van der Waals surface area (Å²) in [5, 5.41) is 11.6. The monoisotopic (exact) mass is 347 g/mol. The lowest BCUT2D eigenvalue weighted by Crippen LogP contribution is -2.32. The molecule has 0 fully saturated rings. The molecule has 0 aliphatic carbocycles. The highest BCUT2D eigenvalue weighted by molar-refractivity contribution is 5.78. The Morgan fingerprint density at radius 1 is 1.17 bits per heavy atom. The van der Waals surface area contributed by atoms with E-state index in [0.29, 0.717) is 5.56 Å². The zero-order chi connectivity index (χ0) is 18.5. The number of ether oxygens (including phenoxy) is 1. The first kappa shape index (κ1) is 19.8. The molecule has 0 saturated carbocycles. The summed E-state index contributed by atoms with van der Waals surface area (Å²) >= 11 is 0. The maximum atomic E-state index is 12.1. The van der Waals surface area contributed by atoms with Crippen LogP contribution < -0.4 is 10.1 Å². The van der Waals surface area contributed by atoms with Crippen molar-refractivity contribution in [3.05, 3.63) is 29.8 Å². The molecule has 1 aromatic carbocycles. The van der Waals surface area contributed by atoms with Gasteiger partial charge in [-0.05, 0) is 23.1 Å². The quantitative estimate of drug-likeness (QED) is 0.824. The van der Waals surface area contributed by atoms with Gasteiger partial charge < -0.3 is 15.2 Å². The predicted molar refractivity (Wildman–Crippen MR) is 80.3 cm³/mol. The number of carbonyl (C=O) groups is 2. The van der Waals surface area contributed by atoms with Gasteiger partial charge in [0.05, 0.1) is 12.5 Å². The largest absolute Gasteiger partial charge is 0.573 e. The second-order valence-corrected chi connectivity index (χ2v) is 6.57. The average Bonchev–Trinajstić information content (AvgIpc) is 2.34. The smallest absolute Gasteiger partial charge is 0.481 e. The Bertz CT molecular complexity index is 576. The van der Waals surface area contributed by atoms with Gasteiger partial charge in [0.25, 0.3) is 0 Å². The number of amides is 1. The predicted octanol–water partition coefficient (Wildman–Crippen LogP) is 3.65. The van der Waals surface area contributed by atoms with Crippen LogP contribution in [0.2, 0.25) is 0 Å². The van der Waals surface area contributed by atoms with Crippen molar-refractivity contribution in [1.82, 2.24) is 5.32 Å². The third-order valence-electron chi connectivity index (χ3n) is 2.92. The summed E-state index contributed by atoms with van der Waals surface area (Å²) in [5.41, 5.74) is 0.108. The van der Waals surface area contributed by atoms with Gasteiger partial charge in [0.2, 0.25) is 5.91 Å². The van der Waals surface area contributed by atoms with Crippen LogP contribution in [0.3, 0.4) is 0 Å². The van der Waals surface area contributed by atoms with Gasteiger partial charge in [0, 0.05) is 6.42 Å². The fraction of sp³-hybridized carbons (Fsp3) is 0.500. The summed E-state index contributed by atoms with van der Waals surface area (Å²) < 4.78 is 40.2. The average molecular weight is 347 g/mol. The van der Waals surface area contributed by atoms with Gasteiger partial charge in [-0.1, -0.05) is 32.9 Å². The first-order valence-corrected chi connectivity index (χ1v) is 7.22. The van der Waals surface area contributed by atoms with Crippen LogP contribution in [0.15, 0.2) is 24.3 Å². The molecular weight excluding hydrogens is 327 g/mol. The minimum absolute atomic E-state index is 0.193. The van der Waals surface area contributed by atoms with Crippen LogP contribution in [-0.4, -0.2) is 23.3 Å². The molecule has 0 radical (unpaired) electrons.